The van der Waals surface area contributed by atoms with Gasteiger partial charge in [-0.15, -0.1) is 11.3 Å². The molecule has 4 aromatic rings. The lowest BCUT2D eigenvalue weighted by atomic mass is 9.97. The second kappa shape index (κ2) is 12.3. The number of anilines is 1. The lowest BCUT2D eigenvalue weighted by molar-refractivity contribution is -0.132. The van der Waals surface area contributed by atoms with Crippen molar-refractivity contribution < 1.29 is 14.0 Å². The van der Waals surface area contributed by atoms with Gasteiger partial charge in [0.1, 0.15) is 11.5 Å². The summed E-state index contributed by atoms with van der Waals surface area (Å²) in [5.41, 5.74) is 5.03. The third-order valence-electron chi connectivity index (χ3n) is 7.37. The van der Waals surface area contributed by atoms with E-state index in [4.69, 9.17) is 0 Å². The van der Waals surface area contributed by atoms with Gasteiger partial charge in [0.25, 0.3) is 5.91 Å². The highest BCUT2D eigenvalue weighted by molar-refractivity contribution is 7.10. The molecule has 1 aliphatic heterocycles. The van der Waals surface area contributed by atoms with Crippen molar-refractivity contribution in [3.05, 3.63) is 106 Å². The van der Waals surface area contributed by atoms with Gasteiger partial charge in [-0.1, -0.05) is 67.6 Å². The number of carbonyl (C=O) groups excluding carboxylic acids is 2. The maximum Gasteiger partial charge on any atom is 0.275 e. The van der Waals surface area contributed by atoms with E-state index in [9.17, 15) is 14.0 Å². The number of para-hydroxylation sites is 1. The third-order valence-corrected chi connectivity index (χ3v) is 8.37. The van der Waals surface area contributed by atoms with Gasteiger partial charge in [0.15, 0.2) is 0 Å². The molecule has 5 rings (SSSR count). The molecule has 0 spiro atoms. The van der Waals surface area contributed by atoms with Gasteiger partial charge in [-0.2, -0.15) is 0 Å². The van der Waals surface area contributed by atoms with Crippen LogP contribution in [0.2, 0.25) is 0 Å². The molecule has 0 bridgehead atoms. The summed E-state index contributed by atoms with van der Waals surface area (Å²) in [6.45, 7) is 3.42. The van der Waals surface area contributed by atoms with Gasteiger partial charge in [0, 0.05) is 42.1 Å². The lowest BCUT2D eigenvalue weighted by Crippen LogP contribution is -2.38. The van der Waals surface area contributed by atoms with Gasteiger partial charge in [0.2, 0.25) is 5.91 Å². The highest BCUT2D eigenvalue weighted by atomic mass is 32.1. The quantitative estimate of drug-likeness (QED) is 0.259. The Bertz CT molecular complexity index is 1440. The van der Waals surface area contributed by atoms with E-state index in [1.807, 2.05) is 34.5 Å². The number of amides is 2. The van der Waals surface area contributed by atoms with E-state index >= 15 is 0 Å². The zero-order valence-corrected chi connectivity index (χ0v) is 22.8. The standard InChI is InChI=1S/C32H32FN3O2S/c1-2-22-11-13-23(14-12-22)26-8-4-6-10-28(26)34-31(38)29-21-39-32(35-29)25-17-19-36(20-18-25)30(37)16-15-24-7-3-5-9-27(24)33/h3-14,21,25H,2,15-20H2,1H3,(H,34,38). The van der Waals surface area contributed by atoms with Crippen LogP contribution in [0.4, 0.5) is 10.1 Å². The number of benzene rings is 3. The number of piperidine rings is 1. The first-order valence-corrected chi connectivity index (χ1v) is 14.4. The van der Waals surface area contributed by atoms with Gasteiger partial charge in [-0.3, -0.25) is 9.59 Å². The Kier molecular flexibility index (Phi) is 8.47. The predicted molar refractivity (Wildman–Crippen MR) is 155 cm³/mol. The summed E-state index contributed by atoms with van der Waals surface area (Å²) in [6.07, 6.45) is 3.30. The molecule has 0 saturated carbocycles. The Morgan fingerprint density at radius 1 is 1.00 bits per heavy atom. The molecule has 5 nitrogen and oxygen atoms in total. The SMILES string of the molecule is CCc1ccc(-c2ccccc2NC(=O)c2csc(C3CCN(C(=O)CCc4ccccc4F)CC3)n2)cc1. The molecule has 1 aromatic heterocycles. The molecule has 2 heterocycles. The number of nitrogens with one attached hydrogen (secondary N) is 1. The number of aromatic nitrogens is 1. The number of rotatable bonds is 8. The van der Waals surface area contributed by atoms with Crippen LogP contribution in [0.15, 0.2) is 78.2 Å². The van der Waals surface area contributed by atoms with E-state index in [1.54, 1.807) is 18.2 Å². The number of thiazole rings is 1. The Morgan fingerprint density at radius 2 is 1.72 bits per heavy atom. The van der Waals surface area contributed by atoms with Crippen molar-refractivity contribution in [2.24, 2.45) is 0 Å². The third kappa shape index (κ3) is 6.42. The summed E-state index contributed by atoms with van der Waals surface area (Å²) in [5.74, 6) is -0.215. The Labute approximate surface area is 232 Å². The van der Waals surface area contributed by atoms with Gasteiger partial charge in [-0.05, 0) is 54.5 Å². The zero-order chi connectivity index (χ0) is 27.2. The van der Waals surface area contributed by atoms with Crippen molar-refractivity contribution in [1.29, 1.82) is 0 Å². The average molecular weight is 542 g/mol. The minimum atomic E-state index is -0.262. The van der Waals surface area contributed by atoms with Crippen LogP contribution in [-0.2, 0) is 17.6 Å². The van der Waals surface area contributed by atoms with Crippen LogP contribution in [-0.4, -0.2) is 34.8 Å². The van der Waals surface area contributed by atoms with E-state index in [-0.39, 0.29) is 23.5 Å². The van der Waals surface area contributed by atoms with Crippen molar-refractivity contribution in [2.75, 3.05) is 18.4 Å². The van der Waals surface area contributed by atoms with E-state index < -0.39 is 0 Å². The van der Waals surface area contributed by atoms with Crippen LogP contribution >= 0.6 is 11.3 Å². The van der Waals surface area contributed by atoms with Gasteiger partial charge >= 0.3 is 0 Å². The van der Waals surface area contributed by atoms with Crippen molar-refractivity contribution in [1.82, 2.24) is 9.88 Å². The first-order valence-electron chi connectivity index (χ1n) is 13.5. The van der Waals surface area contributed by atoms with E-state index in [0.29, 0.717) is 37.2 Å². The number of hydrogen-bond acceptors (Lipinski definition) is 4. The van der Waals surface area contributed by atoms with Gasteiger partial charge < -0.3 is 10.2 Å². The minimum Gasteiger partial charge on any atom is -0.343 e. The normalized spacial score (nSPS) is 13.8. The molecule has 39 heavy (non-hydrogen) atoms. The monoisotopic (exact) mass is 541 g/mol. The molecule has 200 valence electrons. The molecule has 1 fully saturated rings. The minimum absolute atomic E-state index is 0.0545. The largest absolute Gasteiger partial charge is 0.343 e. The summed E-state index contributed by atoms with van der Waals surface area (Å²) >= 11 is 1.50. The molecule has 0 aliphatic carbocycles. The first-order chi connectivity index (χ1) is 19.0. The molecule has 2 amide bonds. The van der Waals surface area contributed by atoms with Crippen molar-refractivity contribution in [2.45, 2.75) is 44.9 Å². The van der Waals surface area contributed by atoms with Crippen LogP contribution in [0.3, 0.4) is 0 Å². The molecule has 1 saturated heterocycles. The van der Waals surface area contributed by atoms with Gasteiger partial charge in [-0.25, -0.2) is 9.37 Å². The second-order valence-corrected chi connectivity index (χ2v) is 10.8. The van der Waals surface area contributed by atoms with E-state index in [0.717, 1.165) is 41.1 Å². The summed E-state index contributed by atoms with van der Waals surface area (Å²) in [7, 11) is 0. The summed E-state index contributed by atoms with van der Waals surface area (Å²) in [6, 6.07) is 22.8. The second-order valence-electron chi connectivity index (χ2n) is 9.87. The van der Waals surface area contributed by atoms with Crippen LogP contribution < -0.4 is 5.32 Å². The molecule has 1 aliphatic rings. The number of halogens is 1. The average Bonchev–Trinajstić information content (AvgIpc) is 3.48. The Morgan fingerprint density at radius 3 is 2.46 bits per heavy atom. The molecule has 0 radical (unpaired) electrons. The number of hydrogen-bond donors (Lipinski definition) is 1. The highest BCUT2D eigenvalue weighted by Crippen LogP contribution is 2.32. The summed E-state index contributed by atoms with van der Waals surface area (Å²) in [5, 5.41) is 5.80. The lowest BCUT2D eigenvalue weighted by Gasteiger charge is -2.31. The zero-order valence-electron chi connectivity index (χ0n) is 22.0. The maximum absolute atomic E-state index is 13.9. The smallest absolute Gasteiger partial charge is 0.275 e. The molecular formula is C32H32FN3O2S. The van der Waals surface area contributed by atoms with Crippen molar-refractivity contribution in [3.63, 3.8) is 0 Å². The summed E-state index contributed by atoms with van der Waals surface area (Å²) < 4.78 is 13.9. The van der Waals surface area contributed by atoms with Crippen LogP contribution in [0.25, 0.3) is 11.1 Å². The fourth-order valence-corrected chi connectivity index (χ4v) is 5.98. The molecule has 0 unspecified atom stereocenters. The summed E-state index contributed by atoms with van der Waals surface area (Å²) in [4.78, 5) is 32.3. The molecular weight excluding hydrogens is 509 g/mol. The Balaban J connectivity index is 1.17. The van der Waals surface area contributed by atoms with Crippen LogP contribution in [0, 0.1) is 5.82 Å². The number of carbonyl (C=O) groups is 2. The first kappa shape index (κ1) is 26.8. The fraction of sp³-hybridized carbons (Fsp3) is 0.281. The Hall–Kier alpha value is -3.84. The molecule has 0 atom stereocenters. The van der Waals surface area contributed by atoms with E-state index in [2.05, 4.69) is 41.5 Å². The van der Waals surface area contributed by atoms with Gasteiger partial charge in [0.05, 0.1) is 5.01 Å². The number of nitrogens with zero attached hydrogens (tertiary/aromatic N) is 2. The van der Waals surface area contributed by atoms with Crippen LogP contribution in [0.1, 0.15) is 58.7 Å². The fourth-order valence-electron chi connectivity index (χ4n) is 5.01. The molecule has 3 aromatic carbocycles. The number of likely N-dealkylation sites (tertiary alicyclic amines) is 1. The molecule has 1 N–H and O–H groups in total. The highest BCUT2D eigenvalue weighted by Gasteiger charge is 2.26. The maximum atomic E-state index is 13.9. The number of aryl methyl sites for hydroxylation is 2. The van der Waals surface area contributed by atoms with Crippen molar-refractivity contribution in [3.8, 4) is 11.1 Å². The van der Waals surface area contributed by atoms with Crippen LogP contribution in [0.5, 0.6) is 0 Å². The predicted octanol–water partition coefficient (Wildman–Crippen LogP) is 7.10. The van der Waals surface area contributed by atoms with Crippen molar-refractivity contribution >= 4 is 28.8 Å². The topological polar surface area (TPSA) is 62.3 Å². The molecule has 7 heteroatoms. The van der Waals surface area contributed by atoms with E-state index in [1.165, 1.54) is 23.0 Å².